The van der Waals surface area contributed by atoms with E-state index in [2.05, 4.69) is 51.4 Å². The summed E-state index contributed by atoms with van der Waals surface area (Å²) in [6, 6.07) is 30.3. The van der Waals surface area contributed by atoms with Gasteiger partial charge in [-0.2, -0.15) is 10.3 Å². The number of Topliss-reactive ketones (excluding diaryl/α,β-unsaturated/α-hetero) is 1. The van der Waals surface area contributed by atoms with E-state index in [1.54, 1.807) is 12.1 Å². The molecule has 2 aliphatic rings. The highest BCUT2D eigenvalue weighted by molar-refractivity contribution is 6.75. The average Bonchev–Trinajstić information content (AvgIpc) is 3.14. The standard InChI is InChI=1S/C19H15N3O.C18H15NO2.C5H11NSi/c1-21-16-6-4-5-14(11-16)9-10-15-12-23-18-8-3-2-7-17(18)19(15)22-13-20;1-19-15-6-4-5-13(11-15)9-10-14-12-21-17-8-3-2-7-16(17)18(14)20;1-5-6-7(2,3)4/h2-8,11,15H,9-10,12H2;2-8,11,14H,9-10,12H2;1H2,2-4H3. The maximum absolute atomic E-state index is 12.4. The zero-order chi connectivity index (χ0) is 36.6. The summed E-state index contributed by atoms with van der Waals surface area (Å²) in [6.45, 7) is 24.9. The number of rotatable bonds is 7. The van der Waals surface area contributed by atoms with Gasteiger partial charge in [-0.1, -0.05) is 83.9 Å². The Morgan fingerprint density at radius 1 is 0.784 bits per heavy atom. The van der Waals surface area contributed by atoms with Crippen molar-refractivity contribution >= 4 is 37.0 Å². The Bertz CT molecular complexity index is 2040. The highest BCUT2D eigenvalue weighted by atomic mass is 28.3. The van der Waals surface area contributed by atoms with Gasteiger partial charge in [0.2, 0.25) is 6.19 Å². The second-order valence-corrected chi connectivity index (χ2v) is 17.6. The number of benzene rings is 4. The zero-order valence-corrected chi connectivity index (χ0v) is 30.3. The molecule has 0 spiro atoms. The van der Waals surface area contributed by atoms with Crippen molar-refractivity contribution in [1.29, 1.82) is 5.26 Å². The fraction of sp³-hybridized carbons (Fsp3) is 0.262. The SMILES string of the molecule is C=C=N[Si](C)(C)C.[C-]#[N+]c1cccc(CCC2COc3ccccc3C2=NC#N)c1.[C-]#[N+]c1cccc(CCC2COc3ccccc3C2=O)c1. The van der Waals surface area contributed by atoms with Crippen LogP contribution in [0.5, 0.6) is 11.5 Å². The maximum Gasteiger partial charge on any atom is 0.205 e. The average molecular weight is 692 g/mol. The quantitative estimate of drug-likeness (QED) is 0.0835. The van der Waals surface area contributed by atoms with Crippen LogP contribution in [-0.4, -0.2) is 38.8 Å². The van der Waals surface area contributed by atoms with E-state index < -0.39 is 8.24 Å². The number of hydrogen-bond acceptors (Lipinski definition) is 6. The van der Waals surface area contributed by atoms with Crippen molar-refractivity contribution in [2.75, 3.05) is 13.2 Å². The first kappa shape index (κ1) is 37.8. The van der Waals surface area contributed by atoms with Gasteiger partial charge >= 0.3 is 0 Å². The normalized spacial score (nSPS) is 16.2. The van der Waals surface area contributed by atoms with Gasteiger partial charge in [-0.15, -0.1) is 0 Å². The number of nitrogens with zero attached hydrogens (tertiary/aromatic N) is 5. The highest BCUT2D eigenvalue weighted by Crippen LogP contribution is 2.31. The molecule has 0 bridgehead atoms. The molecule has 2 atom stereocenters. The number of aryl methyl sites for hydroxylation is 2. The molecule has 2 heterocycles. The molecule has 4 aromatic carbocycles. The molecule has 51 heavy (non-hydrogen) atoms. The lowest BCUT2D eigenvalue weighted by Gasteiger charge is -2.26. The summed E-state index contributed by atoms with van der Waals surface area (Å²) in [7, 11) is -1.21. The summed E-state index contributed by atoms with van der Waals surface area (Å²) in [5, 5.41) is 9.00. The van der Waals surface area contributed by atoms with Crippen molar-refractivity contribution in [2.24, 2.45) is 21.5 Å². The Hall–Kier alpha value is -6.04. The predicted octanol–water partition coefficient (Wildman–Crippen LogP) is 9.89. The molecule has 0 saturated heterocycles. The van der Waals surface area contributed by atoms with Crippen LogP contribution in [0, 0.1) is 36.4 Å². The monoisotopic (exact) mass is 691 g/mol. The molecular formula is C42H41N5O3Si. The zero-order valence-electron chi connectivity index (χ0n) is 29.3. The number of ether oxygens (including phenoxy) is 2. The first-order chi connectivity index (χ1) is 24.6. The summed E-state index contributed by atoms with van der Waals surface area (Å²) in [5.41, 5.74) is 5.89. The molecule has 8 nitrogen and oxygen atoms in total. The van der Waals surface area contributed by atoms with Crippen LogP contribution < -0.4 is 9.47 Å². The van der Waals surface area contributed by atoms with Gasteiger partial charge in [-0.25, -0.2) is 9.69 Å². The molecule has 256 valence electrons. The molecule has 0 saturated carbocycles. The van der Waals surface area contributed by atoms with Gasteiger partial charge in [0.15, 0.2) is 25.4 Å². The van der Waals surface area contributed by atoms with E-state index in [9.17, 15) is 4.79 Å². The van der Waals surface area contributed by atoms with Crippen molar-refractivity contribution in [3.8, 4) is 17.7 Å². The topological polar surface area (TPSA) is 92.8 Å². The Kier molecular flexibility index (Phi) is 13.8. The minimum absolute atomic E-state index is 0.0844. The molecule has 2 unspecified atom stereocenters. The molecule has 2 aliphatic heterocycles. The van der Waals surface area contributed by atoms with Crippen LogP contribution in [0.1, 0.15) is 39.9 Å². The maximum atomic E-state index is 12.4. The van der Waals surface area contributed by atoms with E-state index in [0.29, 0.717) is 35.9 Å². The minimum atomic E-state index is -1.21. The van der Waals surface area contributed by atoms with Crippen LogP contribution >= 0.6 is 0 Å². The first-order valence-electron chi connectivity index (χ1n) is 16.8. The molecule has 0 aliphatic carbocycles. The van der Waals surface area contributed by atoms with Crippen LogP contribution in [-0.2, 0) is 12.8 Å². The van der Waals surface area contributed by atoms with E-state index in [4.69, 9.17) is 27.9 Å². The van der Waals surface area contributed by atoms with E-state index >= 15 is 0 Å². The smallest absolute Gasteiger partial charge is 0.205 e. The number of aliphatic imine (C=N–C) groups is 1. The Labute approximate surface area is 302 Å². The molecule has 9 heteroatoms. The molecular weight excluding hydrogens is 651 g/mol. The third kappa shape index (κ3) is 11.2. The molecule has 0 amide bonds. The van der Waals surface area contributed by atoms with Crippen molar-refractivity contribution in [3.63, 3.8) is 0 Å². The van der Waals surface area contributed by atoms with E-state index in [-0.39, 0.29) is 17.6 Å². The summed E-state index contributed by atoms with van der Waals surface area (Å²) in [4.78, 5) is 23.4. The van der Waals surface area contributed by atoms with Gasteiger partial charge in [0, 0.05) is 11.5 Å². The Balaban J connectivity index is 0.000000194. The number of ketones is 1. The number of hydrogen-bond donors (Lipinski definition) is 0. The number of carbonyl (C=O) groups excluding carboxylic acids is 1. The molecule has 4 aromatic rings. The lowest BCUT2D eigenvalue weighted by atomic mass is 9.89. The van der Waals surface area contributed by atoms with Gasteiger partial charge in [0.05, 0.1) is 43.6 Å². The van der Waals surface area contributed by atoms with Crippen molar-refractivity contribution < 1.29 is 14.3 Å². The van der Waals surface area contributed by atoms with Crippen molar-refractivity contribution in [1.82, 2.24) is 0 Å². The highest BCUT2D eigenvalue weighted by Gasteiger charge is 2.28. The first-order valence-corrected chi connectivity index (χ1v) is 20.2. The van der Waals surface area contributed by atoms with Crippen LogP contribution in [0.25, 0.3) is 9.69 Å². The third-order valence-corrected chi connectivity index (χ3v) is 9.01. The van der Waals surface area contributed by atoms with E-state index in [1.165, 1.54) is 0 Å². The number of carbonyl (C=O) groups is 1. The lowest BCUT2D eigenvalue weighted by molar-refractivity contribution is 0.0821. The summed E-state index contributed by atoms with van der Waals surface area (Å²) in [6.07, 6.45) is 5.10. The minimum Gasteiger partial charge on any atom is -0.492 e. The van der Waals surface area contributed by atoms with Gasteiger partial charge in [0.1, 0.15) is 11.5 Å². The Morgan fingerprint density at radius 2 is 1.29 bits per heavy atom. The van der Waals surface area contributed by atoms with Crippen molar-refractivity contribution in [2.45, 2.75) is 45.3 Å². The summed E-state index contributed by atoms with van der Waals surface area (Å²) in [5.74, 6) is 4.17. The van der Waals surface area contributed by atoms with Gasteiger partial charge in [-0.3, -0.25) is 9.45 Å². The number of para-hydroxylation sites is 2. The van der Waals surface area contributed by atoms with Crippen LogP contribution in [0.3, 0.4) is 0 Å². The molecule has 0 aromatic heterocycles. The fourth-order valence-corrected chi connectivity index (χ4v) is 6.17. The van der Waals surface area contributed by atoms with Crippen LogP contribution in [0.2, 0.25) is 19.6 Å². The van der Waals surface area contributed by atoms with Gasteiger partial charge in [0.25, 0.3) is 0 Å². The number of nitriles is 1. The molecule has 6 rings (SSSR count). The number of fused-ring (bicyclic) bond motifs is 2. The predicted molar refractivity (Wildman–Crippen MR) is 206 cm³/mol. The lowest BCUT2D eigenvalue weighted by Crippen LogP contribution is -2.29. The van der Waals surface area contributed by atoms with Crippen LogP contribution in [0.4, 0.5) is 11.4 Å². The second kappa shape index (κ2) is 18.6. The molecule has 0 radical (unpaired) electrons. The van der Waals surface area contributed by atoms with E-state index in [0.717, 1.165) is 53.8 Å². The molecule has 0 fully saturated rings. The fourth-order valence-electron chi connectivity index (χ4n) is 5.70. The second-order valence-electron chi connectivity index (χ2n) is 13.1. The van der Waals surface area contributed by atoms with Gasteiger partial charge < -0.3 is 9.47 Å². The summed E-state index contributed by atoms with van der Waals surface area (Å²) < 4.78 is 15.5. The third-order valence-electron chi connectivity index (χ3n) is 8.18. The van der Waals surface area contributed by atoms with Crippen LogP contribution in [0.15, 0.2) is 113 Å². The summed E-state index contributed by atoms with van der Waals surface area (Å²) >= 11 is 0. The van der Waals surface area contributed by atoms with Gasteiger partial charge in [-0.05, 0) is 82.0 Å². The van der Waals surface area contributed by atoms with Crippen molar-refractivity contribution in [3.05, 3.63) is 149 Å². The molecule has 0 N–H and O–H groups in total. The van der Waals surface area contributed by atoms with E-state index in [1.807, 2.05) is 91.1 Å². The largest absolute Gasteiger partial charge is 0.492 e. The Morgan fingerprint density at radius 3 is 1.80 bits per heavy atom.